The van der Waals surface area contributed by atoms with E-state index in [0.29, 0.717) is 29.7 Å². The predicted octanol–water partition coefficient (Wildman–Crippen LogP) is 2.07. The van der Waals surface area contributed by atoms with Crippen LogP contribution in [-0.4, -0.2) is 32.0 Å². The smallest absolute Gasteiger partial charge is 0.279 e. The predicted molar refractivity (Wildman–Crippen MR) is 103 cm³/mol. The van der Waals surface area contributed by atoms with Crippen LogP contribution in [0, 0.1) is 0 Å². The van der Waals surface area contributed by atoms with Gasteiger partial charge in [-0.15, -0.1) is 11.3 Å². The van der Waals surface area contributed by atoms with Crippen molar-refractivity contribution in [3.05, 3.63) is 40.6 Å². The van der Waals surface area contributed by atoms with Crippen LogP contribution in [0.5, 0.6) is 5.75 Å². The maximum absolute atomic E-state index is 12.6. The minimum Gasteiger partial charge on any atom is -0.495 e. The average Bonchev–Trinajstić information content (AvgIpc) is 3.25. The summed E-state index contributed by atoms with van der Waals surface area (Å²) in [5, 5.41) is 7.74. The van der Waals surface area contributed by atoms with E-state index in [4.69, 9.17) is 4.74 Å². The molecule has 1 aromatic heterocycles. The quantitative estimate of drug-likeness (QED) is 0.725. The molecule has 1 aliphatic heterocycles. The summed E-state index contributed by atoms with van der Waals surface area (Å²) in [6, 6.07) is 9.81. The Bertz CT molecular complexity index is 776. The van der Waals surface area contributed by atoms with Gasteiger partial charge in [0.15, 0.2) is 6.54 Å². The first-order valence-electron chi connectivity index (χ1n) is 8.70. The molecule has 0 saturated carbocycles. The second-order valence-electron chi connectivity index (χ2n) is 6.44. The van der Waals surface area contributed by atoms with E-state index in [1.807, 2.05) is 0 Å². The Morgan fingerprint density at radius 3 is 2.85 bits per heavy atom. The number of carbonyl (C=O) groups is 2. The molecular weight excluding hydrogens is 350 g/mol. The highest BCUT2D eigenvalue weighted by molar-refractivity contribution is 7.10. The molecule has 2 aromatic rings. The van der Waals surface area contributed by atoms with Gasteiger partial charge in [0.1, 0.15) is 11.8 Å². The third kappa shape index (κ3) is 4.42. The van der Waals surface area contributed by atoms with E-state index in [0.717, 1.165) is 19.4 Å². The number of thiophene rings is 1. The topological polar surface area (TPSA) is 71.9 Å². The van der Waals surface area contributed by atoms with Crippen LogP contribution in [0.4, 0.5) is 11.4 Å². The summed E-state index contributed by atoms with van der Waals surface area (Å²) in [5.74, 6) is 0.355. The van der Waals surface area contributed by atoms with E-state index in [1.54, 1.807) is 36.6 Å². The Morgan fingerprint density at radius 2 is 2.15 bits per heavy atom. The lowest BCUT2D eigenvalue weighted by Crippen LogP contribution is -3.11. The molecule has 7 heteroatoms. The molecular formula is C19H24N3O3S+. The number of quaternary nitrogens is 1. The molecule has 1 aromatic carbocycles. The molecule has 6 nitrogen and oxygen atoms in total. The Hall–Kier alpha value is -2.38. The van der Waals surface area contributed by atoms with E-state index in [1.165, 1.54) is 16.7 Å². The van der Waals surface area contributed by atoms with Crippen molar-refractivity contribution in [2.45, 2.75) is 25.8 Å². The lowest BCUT2D eigenvalue weighted by Gasteiger charge is -2.20. The molecule has 0 spiro atoms. The number of amides is 2. The van der Waals surface area contributed by atoms with E-state index in [2.05, 4.69) is 28.1 Å². The monoisotopic (exact) mass is 374 g/mol. The first-order chi connectivity index (χ1) is 12.6. The highest BCUT2D eigenvalue weighted by Crippen LogP contribution is 2.28. The van der Waals surface area contributed by atoms with E-state index in [-0.39, 0.29) is 11.8 Å². The maximum atomic E-state index is 12.6. The number of methoxy groups -OCH3 is 1. The Balaban J connectivity index is 1.68. The highest BCUT2D eigenvalue weighted by atomic mass is 32.1. The number of benzene rings is 1. The Labute approximate surface area is 157 Å². The molecule has 2 atom stereocenters. The number of hydrogen-bond acceptors (Lipinski definition) is 4. The number of ether oxygens (including phenoxy) is 1. The molecule has 2 heterocycles. The average molecular weight is 374 g/mol. The standard InChI is InChI=1S/C19H23N3O3S/c1-13(23)20-14-7-8-17(25-2)15(11-14)21-19(24)12-22-9-3-5-16(22)18-6-4-10-26-18/h4,6-8,10-11,16H,3,5,9,12H2,1-2H3,(H,20,23)(H,21,24)/p+1/t16-/m1/s1. The van der Waals surface area contributed by atoms with Gasteiger partial charge in [-0.05, 0) is 29.6 Å². The minimum absolute atomic E-state index is 0.0540. The van der Waals surface area contributed by atoms with E-state index >= 15 is 0 Å². The van der Waals surface area contributed by atoms with Gasteiger partial charge in [-0.1, -0.05) is 6.07 Å². The van der Waals surface area contributed by atoms with Crippen molar-refractivity contribution in [3.8, 4) is 5.75 Å². The molecule has 1 fully saturated rings. The second-order valence-corrected chi connectivity index (χ2v) is 7.42. The van der Waals surface area contributed by atoms with Crippen molar-refractivity contribution in [1.82, 2.24) is 0 Å². The van der Waals surface area contributed by atoms with Gasteiger partial charge in [-0.3, -0.25) is 9.59 Å². The first kappa shape index (κ1) is 18.4. The molecule has 0 radical (unpaired) electrons. The number of nitrogens with one attached hydrogen (secondary N) is 3. The Kier molecular flexibility index (Phi) is 5.90. The van der Waals surface area contributed by atoms with Gasteiger partial charge >= 0.3 is 0 Å². The summed E-state index contributed by atoms with van der Waals surface area (Å²) in [4.78, 5) is 26.5. The number of anilines is 2. The normalized spacial score (nSPS) is 19.2. The van der Waals surface area contributed by atoms with Gasteiger partial charge in [0, 0.05) is 25.5 Å². The molecule has 1 unspecified atom stereocenters. The fraction of sp³-hybridized carbons (Fsp3) is 0.368. The fourth-order valence-electron chi connectivity index (χ4n) is 3.44. The van der Waals surface area contributed by atoms with Gasteiger partial charge in [-0.25, -0.2) is 0 Å². The van der Waals surface area contributed by atoms with Gasteiger partial charge in [0.05, 0.1) is 24.2 Å². The number of carbonyl (C=O) groups excluding carboxylic acids is 2. The van der Waals surface area contributed by atoms with E-state index in [9.17, 15) is 9.59 Å². The van der Waals surface area contributed by atoms with Crippen LogP contribution in [-0.2, 0) is 9.59 Å². The summed E-state index contributed by atoms with van der Waals surface area (Å²) in [6.45, 7) is 2.86. The summed E-state index contributed by atoms with van der Waals surface area (Å²) in [7, 11) is 1.56. The maximum Gasteiger partial charge on any atom is 0.279 e. The lowest BCUT2D eigenvalue weighted by atomic mass is 10.2. The van der Waals surface area contributed by atoms with Crippen LogP contribution in [0.1, 0.15) is 30.7 Å². The van der Waals surface area contributed by atoms with Crippen LogP contribution in [0.2, 0.25) is 0 Å². The van der Waals surface area contributed by atoms with Crippen LogP contribution in [0.15, 0.2) is 35.7 Å². The summed E-state index contributed by atoms with van der Waals surface area (Å²) in [5.41, 5.74) is 1.19. The summed E-state index contributed by atoms with van der Waals surface area (Å²) >= 11 is 1.76. The van der Waals surface area contributed by atoms with Crippen LogP contribution < -0.4 is 20.3 Å². The molecule has 2 amide bonds. The van der Waals surface area contributed by atoms with Gasteiger partial charge < -0.3 is 20.3 Å². The highest BCUT2D eigenvalue weighted by Gasteiger charge is 2.32. The third-order valence-electron chi connectivity index (χ3n) is 4.55. The van der Waals surface area contributed by atoms with E-state index < -0.39 is 0 Å². The Morgan fingerprint density at radius 1 is 1.31 bits per heavy atom. The molecule has 1 saturated heterocycles. The number of likely N-dealkylation sites (tertiary alicyclic amines) is 1. The van der Waals surface area contributed by atoms with Gasteiger partial charge in [0.2, 0.25) is 5.91 Å². The van der Waals surface area contributed by atoms with Crippen LogP contribution in [0.25, 0.3) is 0 Å². The van der Waals surface area contributed by atoms with Crippen molar-refractivity contribution < 1.29 is 19.2 Å². The molecule has 0 aliphatic carbocycles. The van der Waals surface area contributed by atoms with Crippen molar-refractivity contribution in [3.63, 3.8) is 0 Å². The molecule has 3 N–H and O–H groups in total. The van der Waals surface area contributed by atoms with Crippen molar-refractivity contribution >= 4 is 34.5 Å². The minimum atomic E-state index is -0.159. The van der Waals surface area contributed by atoms with Gasteiger partial charge in [-0.2, -0.15) is 0 Å². The second kappa shape index (κ2) is 8.33. The van der Waals surface area contributed by atoms with Crippen molar-refractivity contribution in [1.29, 1.82) is 0 Å². The molecule has 3 rings (SSSR count). The third-order valence-corrected chi connectivity index (χ3v) is 5.54. The fourth-order valence-corrected chi connectivity index (χ4v) is 4.36. The first-order valence-corrected chi connectivity index (χ1v) is 9.58. The van der Waals surface area contributed by atoms with Crippen molar-refractivity contribution in [2.24, 2.45) is 0 Å². The molecule has 138 valence electrons. The zero-order chi connectivity index (χ0) is 18.5. The summed E-state index contributed by atoms with van der Waals surface area (Å²) in [6.07, 6.45) is 2.25. The lowest BCUT2D eigenvalue weighted by molar-refractivity contribution is -0.910. The SMILES string of the molecule is COc1ccc(NC(C)=O)cc1NC(=O)C[NH+]1CCC[C@@H]1c1cccs1. The van der Waals surface area contributed by atoms with Gasteiger partial charge in [0.25, 0.3) is 5.91 Å². The molecule has 26 heavy (non-hydrogen) atoms. The van der Waals surface area contributed by atoms with Crippen LogP contribution >= 0.6 is 11.3 Å². The summed E-state index contributed by atoms with van der Waals surface area (Å²) < 4.78 is 5.32. The number of rotatable bonds is 6. The zero-order valence-electron chi connectivity index (χ0n) is 15.0. The number of hydrogen-bond donors (Lipinski definition) is 3. The van der Waals surface area contributed by atoms with Crippen molar-refractivity contribution in [2.75, 3.05) is 30.8 Å². The van der Waals surface area contributed by atoms with Crippen LogP contribution in [0.3, 0.4) is 0 Å². The zero-order valence-corrected chi connectivity index (χ0v) is 15.8. The molecule has 1 aliphatic rings. The molecule has 0 bridgehead atoms. The largest absolute Gasteiger partial charge is 0.495 e.